The predicted octanol–water partition coefficient (Wildman–Crippen LogP) is 3.53. The van der Waals surface area contributed by atoms with Gasteiger partial charge in [-0.15, -0.1) is 0 Å². The molecule has 0 spiro atoms. The molecule has 3 aromatic rings. The number of morpholine rings is 1. The van der Waals surface area contributed by atoms with E-state index in [1.54, 1.807) is 36.3 Å². The van der Waals surface area contributed by atoms with Gasteiger partial charge in [0.05, 0.1) is 41.2 Å². The van der Waals surface area contributed by atoms with Gasteiger partial charge in [0.15, 0.2) is 15.0 Å². The standard InChI is InChI=1S/C25H31N3O5S2/c1-19-4-7-21(8-5-19)35(30,31)17-10-24(29)28(12-3-11-27-13-15-33-16-14-27)25-26-22-9-6-20(32-2)18-23(22)34-25/h4-9,18H,3,10-17H2,1-2H3. The van der Waals surface area contributed by atoms with E-state index in [-0.39, 0.29) is 23.0 Å². The molecule has 2 aromatic carbocycles. The lowest BCUT2D eigenvalue weighted by Crippen LogP contribution is -2.39. The average Bonchev–Trinajstić information content (AvgIpc) is 3.29. The highest BCUT2D eigenvalue weighted by Crippen LogP contribution is 2.32. The number of aryl methyl sites for hydroxylation is 1. The topological polar surface area (TPSA) is 89.0 Å². The number of benzene rings is 2. The van der Waals surface area contributed by atoms with Crippen LogP contribution in [0, 0.1) is 6.92 Å². The maximum absolute atomic E-state index is 13.3. The molecule has 1 fully saturated rings. The van der Waals surface area contributed by atoms with Crippen molar-refractivity contribution in [3.05, 3.63) is 48.0 Å². The first kappa shape index (κ1) is 25.6. The Bertz CT molecular complexity index is 1250. The predicted molar refractivity (Wildman–Crippen MR) is 138 cm³/mol. The molecule has 0 radical (unpaired) electrons. The fourth-order valence-corrected chi connectivity index (χ4v) is 6.23. The Hall–Kier alpha value is -2.53. The van der Waals surface area contributed by atoms with Gasteiger partial charge in [0.2, 0.25) is 5.91 Å². The largest absolute Gasteiger partial charge is 0.497 e. The Kier molecular flexibility index (Phi) is 8.38. The van der Waals surface area contributed by atoms with E-state index in [2.05, 4.69) is 9.88 Å². The Morgan fingerprint density at radius 1 is 1.17 bits per heavy atom. The number of ether oxygens (including phenoxy) is 2. The van der Waals surface area contributed by atoms with Crippen LogP contribution in [0.4, 0.5) is 5.13 Å². The van der Waals surface area contributed by atoms with Crippen molar-refractivity contribution in [3.8, 4) is 5.75 Å². The van der Waals surface area contributed by atoms with Crippen molar-refractivity contribution in [3.63, 3.8) is 0 Å². The molecule has 8 nitrogen and oxygen atoms in total. The summed E-state index contributed by atoms with van der Waals surface area (Å²) in [5.74, 6) is 0.240. The molecule has 10 heteroatoms. The first-order valence-electron chi connectivity index (χ1n) is 11.7. The number of rotatable bonds is 10. The van der Waals surface area contributed by atoms with Crippen LogP contribution in [0.15, 0.2) is 47.4 Å². The number of fused-ring (bicyclic) bond motifs is 1. The summed E-state index contributed by atoms with van der Waals surface area (Å²) in [6.07, 6.45) is 0.655. The van der Waals surface area contributed by atoms with Gasteiger partial charge in [-0.05, 0) is 43.7 Å². The van der Waals surface area contributed by atoms with Crippen LogP contribution in [0.25, 0.3) is 10.2 Å². The molecule has 0 unspecified atom stereocenters. The van der Waals surface area contributed by atoms with Gasteiger partial charge in [0.1, 0.15) is 5.75 Å². The smallest absolute Gasteiger partial charge is 0.229 e. The quantitative estimate of drug-likeness (QED) is 0.406. The second-order valence-corrected chi connectivity index (χ2v) is 11.7. The van der Waals surface area contributed by atoms with Crippen LogP contribution in [0.2, 0.25) is 0 Å². The highest BCUT2D eigenvalue weighted by molar-refractivity contribution is 7.91. The van der Waals surface area contributed by atoms with E-state index in [1.807, 2.05) is 25.1 Å². The highest BCUT2D eigenvalue weighted by atomic mass is 32.2. The lowest BCUT2D eigenvalue weighted by molar-refractivity contribution is -0.118. The molecular weight excluding hydrogens is 486 g/mol. The van der Waals surface area contributed by atoms with Gasteiger partial charge < -0.3 is 9.47 Å². The number of carbonyl (C=O) groups is 1. The second-order valence-electron chi connectivity index (χ2n) is 8.56. The van der Waals surface area contributed by atoms with E-state index in [9.17, 15) is 13.2 Å². The molecule has 35 heavy (non-hydrogen) atoms. The van der Waals surface area contributed by atoms with Crippen molar-refractivity contribution < 1.29 is 22.7 Å². The third-order valence-electron chi connectivity index (χ3n) is 6.04. The van der Waals surface area contributed by atoms with Crippen LogP contribution in [-0.2, 0) is 19.4 Å². The van der Waals surface area contributed by atoms with Crippen molar-refractivity contribution in [1.82, 2.24) is 9.88 Å². The lowest BCUT2D eigenvalue weighted by Gasteiger charge is -2.27. The summed E-state index contributed by atoms with van der Waals surface area (Å²) in [7, 11) is -1.95. The zero-order valence-electron chi connectivity index (χ0n) is 20.1. The molecule has 1 amide bonds. The first-order chi connectivity index (χ1) is 16.9. The molecule has 188 valence electrons. The normalized spacial score (nSPS) is 14.8. The first-order valence-corrected chi connectivity index (χ1v) is 14.2. The summed E-state index contributed by atoms with van der Waals surface area (Å²) in [4.78, 5) is 22.2. The molecule has 0 atom stereocenters. The van der Waals surface area contributed by atoms with Crippen molar-refractivity contribution in [1.29, 1.82) is 0 Å². The number of carbonyl (C=O) groups excluding carboxylic acids is 1. The number of amides is 1. The Morgan fingerprint density at radius 2 is 1.91 bits per heavy atom. The van der Waals surface area contributed by atoms with E-state index in [4.69, 9.17) is 9.47 Å². The molecule has 0 saturated carbocycles. The maximum Gasteiger partial charge on any atom is 0.229 e. The van der Waals surface area contributed by atoms with Gasteiger partial charge in [0.25, 0.3) is 0 Å². The summed E-state index contributed by atoms with van der Waals surface area (Å²) in [5, 5.41) is 0.577. The fraction of sp³-hybridized carbons (Fsp3) is 0.440. The Labute approximate surface area is 210 Å². The van der Waals surface area contributed by atoms with Crippen molar-refractivity contribution in [2.24, 2.45) is 0 Å². The van der Waals surface area contributed by atoms with Gasteiger partial charge in [-0.3, -0.25) is 14.6 Å². The average molecular weight is 518 g/mol. The number of thiazole rings is 1. The molecule has 1 aliphatic rings. The van der Waals surface area contributed by atoms with Crippen LogP contribution in [0.1, 0.15) is 18.4 Å². The Balaban J connectivity index is 1.49. The molecule has 1 saturated heterocycles. The zero-order chi connectivity index (χ0) is 24.8. The second kappa shape index (κ2) is 11.5. The number of nitrogens with zero attached hydrogens (tertiary/aromatic N) is 3. The molecule has 4 rings (SSSR count). The number of sulfone groups is 1. The maximum atomic E-state index is 13.3. The SMILES string of the molecule is COc1ccc2nc(N(CCCN3CCOCC3)C(=O)CCS(=O)(=O)c3ccc(C)cc3)sc2c1. The number of anilines is 1. The molecule has 0 aliphatic carbocycles. The minimum atomic E-state index is -3.56. The summed E-state index contributed by atoms with van der Waals surface area (Å²) < 4.78 is 37.3. The van der Waals surface area contributed by atoms with Crippen molar-refractivity contribution >= 4 is 42.4 Å². The highest BCUT2D eigenvalue weighted by Gasteiger charge is 2.24. The van der Waals surface area contributed by atoms with Crippen LogP contribution in [-0.4, -0.2) is 76.5 Å². The van der Waals surface area contributed by atoms with Gasteiger partial charge in [-0.2, -0.15) is 0 Å². The molecule has 0 bridgehead atoms. The number of hydrogen-bond acceptors (Lipinski definition) is 8. The van der Waals surface area contributed by atoms with E-state index in [1.165, 1.54) is 11.3 Å². The third kappa shape index (κ3) is 6.58. The van der Waals surface area contributed by atoms with E-state index in [0.29, 0.717) is 11.7 Å². The monoisotopic (exact) mass is 517 g/mol. The Morgan fingerprint density at radius 3 is 2.63 bits per heavy atom. The summed E-state index contributed by atoms with van der Waals surface area (Å²) >= 11 is 1.41. The number of aromatic nitrogens is 1. The summed E-state index contributed by atoms with van der Waals surface area (Å²) in [6, 6.07) is 12.3. The molecular formula is C25H31N3O5S2. The van der Waals surface area contributed by atoms with E-state index >= 15 is 0 Å². The van der Waals surface area contributed by atoms with Gasteiger partial charge in [-0.1, -0.05) is 29.0 Å². The zero-order valence-corrected chi connectivity index (χ0v) is 21.7. The van der Waals surface area contributed by atoms with E-state index < -0.39 is 9.84 Å². The molecule has 1 aromatic heterocycles. The van der Waals surface area contributed by atoms with Crippen LogP contribution >= 0.6 is 11.3 Å². The van der Waals surface area contributed by atoms with Crippen LogP contribution in [0.3, 0.4) is 0 Å². The van der Waals surface area contributed by atoms with Gasteiger partial charge >= 0.3 is 0 Å². The minimum Gasteiger partial charge on any atom is -0.497 e. The molecule has 1 aliphatic heterocycles. The summed E-state index contributed by atoms with van der Waals surface area (Å²) in [6.45, 7) is 6.42. The van der Waals surface area contributed by atoms with Crippen molar-refractivity contribution in [2.75, 3.05) is 57.2 Å². The lowest BCUT2D eigenvalue weighted by atomic mass is 10.2. The minimum absolute atomic E-state index is 0.104. The van der Waals surface area contributed by atoms with Gasteiger partial charge in [0, 0.05) is 32.6 Å². The molecule has 2 heterocycles. The summed E-state index contributed by atoms with van der Waals surface area (Å²) in [5.41, 5.74) is 1.77. The fourth-order valence-electron chi connectivity index (χ4n) is 3.96. The third-order valence-corrected chi connectivity index (χ3v) is 8.81. The molecule has 0 N–H and O–H groups in total. The van der Waals surface area contributed by atoms with Crippen molar-refractivity contribution in [2.45, 2.75) is 24.7 Å². The van der Waals surface area contributed by atoms with E-state index in [0.717, 1.165) is 60.8 Å². The number of methoxy groups -OCH3 is 1. The van der Waals surface area contributed by atoms with Crippen LogP contribution < -0.4 is 9.64 Å². The number of hydrogen-bond donors (Lipinski definition) is 0. The van der Waals surface area contributed by atoms with Gasteiger partial charge in [-0.25, -0.2) is 13.4 Å². The van der Waals surface area contributed by atoms with Crippen LogP contribution in [0.5, 0.6) is 5.75 Å².